The summed E-state index contributed by atoms with van der Waals surface area (Å²) in [7, 11) is 0. The van der Waals surface area contributed by atoms with E-state index in [0.717, 1.165) is 26.1 Å². The van der Waals surface area contributed by atoms with Gasteiger partial charge in [0.2, 0.25) is 0 Å². The molecule has 0 saturated heterocycles. The highest BCUT2D eigenvalue weighted by Crippen LogP contribution is 2.07. The van der Waals surface area contributed by atoms with Crippen LogP contribution in [0.3, 0.4) is 0 Å². The maximum atomic E-state index is 10.5. The Morgan fingerprint density at radius 3 is 1.58 bits per heavy atom. The van der Waals surface area contributed by atoms with Crippen molar-refractivity contribution in [1.82, 2.24) is 0 Å². The van der Waals surface area contributed by atoms with Gasteiger partial charge in [-0.1, -0.05) is 26.0 Å². The number of ether oxygens (including phenoxy) is 1. The smallest absolute Gasteiger partial charge is 0.336 e. The summed E-state index contributed by atoms with van der Waals surface area (Å²) < 4.78 is 5.13. The van der Waals surface area contributed by atoms with Crippen LogP contribution in [-0.2, 0) is 4.74 Å². The van der Waals surface area contributed by atoms with E-state index in [1.807, 2.05) is 0 Å². The Hall–Kier alpha value is -1.88. The van der Waals surface area contributed by atoms with Crippen LogP contribution in [0, 0.1) is 0 Å². The van der Waals surface area contributed by atoms with E-state index in [0.29, 0.717) is 0 Å². The fourth-order valence-corrected chi connectivity index (χ4v) is 1.25. The van der Waals surface area contributed by atoms with E-state index in [1.165, 1.54) is 24.3 Å². The summed E-state index contributed by atoms with van der Waals surface area (Å²) in [6.45, 7) is 6.09. The third kappa shape index (κ3) is 7.21. The van der Waals surface area contributed by atoms with Gasteiger partial charge in [0.15, 0.2) is 0 Å². The molecular formula is C14H20O5. The fraction of sp³-hybridized carbons (Fsp3) is 0.429. The molecule has 0 spiro atoms. The van der Waals surface area contributed by atoms with Crippen molar-refractivity contribution in [3.63, 3.8) is 0 Å². The number of benzene rings is 1. The van der Waals surface area contributed by atoms with E-state index in [-0.39, 0.29) is 11.1 Å². The molecule has 1 aromatic rings. The lowest BCUT2D eigenvalue weighted by molar-refractivity contribution is 0.0651. The minimum Gasteiger partial charge on any atom is -0.478 e. The molecule has 1 aromatic carbocycles. The van der Waals surface area contributed by atoms with Gasteiger partial charge in [-0.25, -0.2) is 9.59 Å². The van der Waals surface area contributed by atoms with Gasteiger partial charge in [0, 0.05) is 13.2 Å². The third-order valence-electron chi connectivity index (χ3n) is 2.08. The zero-order valence-corrected chi connectivity index (χ0v) is 11.3. The Balaban J connectivity index is 0.000000399. The van der Waals surface area contributed by atoms with Crippen molar-refractivity contribution < 1.29 is 24.5 Å². The molecule has 0 radical (unpaired) electrons. The Labute approximate surface area is 112 Å². The molecule has 2 N–H and O–H groups in total. The topological polar surface area (TPSA) is 83.8 Å². The molecule has 106 valence electrons. The molecule has 0 heterocycles. The lowest BCUT2D eigenvalue weighted by Crippen LogP contribution is -2.06. The highest BCUT2D eigenvalue weighted by atomic mass is 16.5. The van der Waals surface area contributed by atoms with Crippen molar-refractivity contribution in [3.05, 3.63) is 35.4 Å². The summed E-state index contributed by atoms with van der Waals surface area (Å²) in [6, 6.07) is 5.48. The number of rotatable bonds is 6. The molecule has 1 rings (SSSR count). The lowest BCUT2D eigenvalue weighted by Gasteiger charge is -1.98. The molecule has 0 bridgehead atoms. The number of aromatic carboxylic acids is 2. The van der Waals surface area contributed by atoms with E-state index in [2.05, 4.69) is 13.8 Å². The van der Waals surface area contributed by atoms with Gasteiger partial charge in [-0.2, -0.15) is 0 Å². The van der Waals surface area contributed by atoms with Gasteiger partial charge in [0.05, 0.1) is 11.1 Å². The summed E-state index contributed by atoms with van der Waals surface area (Å²) >= 11 is 0. The third-order valence-corrected chi connectivity index (χ3v) is 2.08. The number of hydrogen-bond donors (Lipinski definition) is 2. The van der Waals surface area contributed by atoms with E-state index in [4.69, 9.17) is 14.9 Å². The maximum Gasteiger partial charge on any atom is 0.336 e. The van der Waals surface area contributed by atoms with Gasteiger partial charge in [-0.15, -0.1) is 0 Å². The number of carbonyl (C=O) groups is 2. The van der Waals surface area contributed by atoms with E-state index in [1.54, 1.807) is 0 Å². The second-order valence-electron chi connectivity index (χ2n) is 3.77. The van der Waals surface area contributed by atoms with Gasteiger partial charge >= 0.3 is 11.9 Å². The zero-order valence-electron chi connectivity index (χ0n) is 11.3. The van der Waals surface area contributed by atoms with Gasteiger partial charge in [0.25, 0.3) is 0 Å². The first-order valence-electron chi connectivity index (χ1n) is 6.17. The normalized spacial score (nSPS) is 9.37. The van der Waals surface area contributed by atoms with Crippen molar-refractivity contribution >= 4 is 11.9 Å². The Kier molecular flexibility index (Phi) is 9.08. The van der Waals surface area contributed by atoms with Crippen LogP contribution in [0.25, 0.3) is 0 Å². The van der Waals surface area contributed by atoms with Gasteiger partial charge in [-0.3, -0.25) is 0 Å². The van der Waals surface area contributed by atoms with Crippen LogP contribution in [0.4, 0.5) is 0 Å². The Morgan fingerprint density at radius 1 is 0.947 bits per heavy atom. The number of carboxylic acid groups (broad SMARTS) is 2. The molecule has 0 saturated carbocycles. The summed E-state index contributed by atoms with van der Waals surface area (Å²) in [6.07, 6.45) is 2.28. The molecule has 19 heavy (non-hydrogen) atoms. The second-order valence-corrected chi connectivity index (χ2v) is 3.77. The van der Waals surface area contributed by atoms with Gasteiger partial charge < -0.3 is 14.9 Å². The first-order valence-corrected chi connectivity index (χ1v) is 6.17. The van der Waals surface area contributed by atoms with E-state index in [9.17, 15) is 9.59 Å². The molecule has 0 aliphatic carbocycles. The molecule has 0 aliphatic rings. The highest BCUT2D eigenvalue weighted by Gasteiger charge is 2.13. The first-order chi connectivity index (χ1) is 9.04. The van der Waals surface area contributed by atoms with Crippen LogP contribution >= 0.6 is 0 Å². The van der Waals surface area contributed by atoms with Crippen molar-refractivity contribution in [2.24, 2.45) is 0 Å². The zero-order chi connectivity index (χ0) is 14.7. The monoisotopic (exact) mass is 268 g/mol. The molecule has 0 aliphatic heterocycles. The second kappa shape index (κ2) is 10.1. The molecule has 5 heteroatoms. The largest absolute Gasteiger partial charge is 0.478 e. The van der Waals surface area contributed by atoms with Crippen molar-refractivity contribution in [2.45, 2.75) is 26.7 Å². The first kappa shape index (κ1) is 17.1. The summed E-state index contributed by atoms with van der Waals surface area (Å²) in [5.74, 6) is -2.46. The van der Waals surface area contributed by atoms with E-state index >= 15 is 0 Å². The van der Waals surface area contributed by atoms with Gasteiger partial charge in [0.1, 0.15) is 0 Å². The molecule has 0 fully saturated rings. The van der Waals surface area contributed by atoms with Crippen LogP contribution in [0.5, 0.6) is 0 Å². The average Bonchev–Trinajstić information content (AvgIpc) is 2.40. The maximum absolute atomic E-state index is 10.5. The molecule has 0 unspecified atom stereocenters. The molecule has 0 amide bonds. The van der Waals surface area contributed by atoms with Crippen LogP contribution in [0.1, 0.15) is 47.4 Å². The minimum absolute atomic E-state index is 0.190. The molecule has 0 aromatic heterocycles. The summed E-state index contributed by atoms with van der Waals surface area (Å²) in [5, 5.41) is 17.1. The summed E-state index contributed by atoms with van der Waals surface area (Å²) in [4.78, 5) is 20.9. The van der Waals surface area contributed by atoms with Crippen molar-refractivity contribution in [1.29, 1.82) is 0 Å². The van der Waals surface area contributed by atoms with Crippen LogP contribution in [0.15, 0.2) is 24.3 Å². The molecule has 0 atom stereocenters. The molecular weight excluding hydrogens is 248 g/mol. The highest BCUT2D eigenvalue weighted by molar-refractivity contribution is 6.01. The Bertz CT molecular complexity index is 364. The van der Waals surface area contributed by atoms with E-state index < -0.39 is 11.9 Å². The van der Waals surface area contributed by atoms with Crippen LogP contribution in [-0.4, -0.2) is 35.4 Å². The quantitative estimate of drug-likeness (QED) is 0.775. The lowest BCUT2D eigenvalue weighted by atomic mass is 10.1. The van der Waals surface area contributed by atoms with Crippen LogP contribution < -0.4 is 0 Å². The predicted octanol–water partition coefficient (Wildman–Crippen LogP) is 2.91. The SMILES string of the molecule is CCCOCCC.O=C(O)c1ccccc1C(=O)O. The summed E-state index contributed by atoms with van der Waals surface area (Å²) in [5.41, 5.74) is -0.380. The van der Waals surface area contributed by atoms with Crippen molar-refractivity contribution in [2.75, 3.05) is 13.2 Å². The predicted molar refractivity (Wildman–Crippen MR) is 71.8 cm³/mol. The number of carboxylic acids is 2. The van der Waals surface area contributed by atoms with Crippen LogP contribution in [0.2, 0.25) is 0 Å². The number of hydrogen-bond acceptors (Lipinski definition) is 3. The average molecular weight is 268 g/mol. The Morgan fingerprint density at radius 2 is 1.32 bits per heavy atom. The minimum atomic E-state index is -1.23. The van der Waals surface area contributed by atoms with Crippen molar-refractivity contribution in [3.8, 4) is 0 Å². The standard InChI is InChI=1S/C8H6O4.C6H14O/c9-7(10)5-3-1-2-4-6(5)8(11)12;1-3-5-7-6-4-2/h1-4H,(H,9,10)(H,11,12);3-6H2,1-2H3. The molecule has 5 nitrogen and oxygen atoms in total. The fourth-order valence-electron chi connectivity index (χ4n) is 1.25. The van der Waals surface area contributed by atoms with Gasteiger partial charge in [-0.05, 0) is 25.0 Å².